The fraction of sp³-hybridized carbons (Fsp3) is 0.810. The molecule has 0 aromatic rings. The van der Waals surface area contributed by atoms with Crippen LogP contribution in [0.25, 0.3) is 0 Å². The van der Waals surface area contributed by atoms with Crippen LogP contribution in [0.2, 0.25) is 24.2 Å². The Morgan fingerprint density at radius 3 is 2.14 bits per heavy atom. The third-order valence-electron chi connectivity index (χ3n) is 8.18. The van der Waals surface area contributed by atoms with Gasteiger partial charge in [-0.05, 0) is 61.1 Å². The zero-order valence-corrected chi connectivity index (χ0v) is 16.9. The van der Waals surface area contributed by atoms with Gasteiger partial charge in [0.2, 0.25) is 0 Å². The van der Waals surface area contributed by atoms with E-state index < -0.39 is 8.07 Å². The lowest BCUT2D eigenvalue weighted by atomic mass is 9.76. The highest BCUT2D eigenvalue weighted by atomic mass is 28.3. The van der Waals surface area contributed by atoms with Crippen LogP contribution in [0, 0.1) is 23.7 Å². The van der Waals surface area contributed by atoms with Crippen molar-refractivity contribution >= 4 is 8.07 Å². The standard InChI is InChI=1S/C21H36Si/c1-13-12-19-20(15(3)14(13)2)16(4)17(5)21(19)22(6,7)18-10-8-9-11-18/h12,16-21H,8-11H2,1-7H3/t16-,17+,19?,20-,21?/m0/s1. The Hall–Kier alpha value is -0.303. The number of fused-ring (bicyclic) bond motifs is 1. The van der Waals surface area contributed by atoms with Crippen LogP contribution in [0.3, 0.4) is 0 Å². The van der Waals surface area contributed by atoms with Gasteiger partial charge in [0.1, 0.15) is 0 Å². The maximum Gasteiger partial charge on any atom is 0.0544 e. The minimum absolute atomic E-state index is 0.830. The molecule has 0 bridgehead atoms. The minimum Gasteiger partial charge on any atom is -0.0776 e. The lowest BCUT2D eigenvalue weighted by Crippen LogP contribution is -2.42. The average molecular weight is 317 g/mol. The van der Waals surface area contributed by atoms with Crippen molar-refractivity contribution in [1.82, 2.24) is 0 Å². The SMILES string of the molecule is CC1=CC2C([Si](C)(C)C3CCCC3)[C@H](C)[C@H](C)[C@@H]2C(C)=C1C. The molecule has 22 heavy (non-hydrogen) atoms. The molecule has 0 N–H and O–H groups in total. The average Bonchev–Trinajstić information content (AvgIpc) is 3.06. The molecule has 2 fully saturated rings. The van der Waals surface area contributed by atoms with Gasteiger partial charge >= 0.3 is 0 Å². The summed E-state index contributed by atoms with van der Waals surface area (Å²) in [5.41, 5.74) is 6.95. The zero-order chi connectivity index (χ0) is 16.2. The Morgan fingerprint density at radius 1 is 0.955 bits per heavy atom. The number of hydrogen-bond donors (Lipinski definition) is 0. The molecule has 3 aliphatic rings. The van der Waals surface area contributed by atoms with Gasteiger partial charge in [0.25, 0.3) is 0 Å². The zero-order valence-electron chi connectivity index (χ0n) is 15.9. The van der Waals surface area contributed by atoms with Gasteiger partial charge in [0, 0.05) is 0 Å². The molecule has 5 atom stereocenters. The molecule has 2 saturated carbocycles. The molecule has 124 valence electrons. The molecule has 3 aliphatic carbocycles. The predicted molar refractivity (Wildman–Crippen MR) is 101 cm³/mol. The van der Waals surface area contributed by atoms with Gasteiger partial charge in [-0.3, -0.25) is 0 Å². The van der Waals surface area contributed by atoms with E-state index in [9.17, 15) is 0 Å². The highest BCUT2D eigenvalue weighted by Gasteiger charge is 2.55. The normalized spacial score (nSPS) is 40.1. The van der Waals surface area contributed by atoms with E-state index in [1.54, 1.807) is 16.7 Å². The van der Waals surface area contributed by atoms with Crippen molar-refractivity contribution in [3.05, 3.63) is 22.8 Å². The van der Waals surface area contributed by atoms with E-state index in [4.69, 9.17) is 0 Å². The van der Waals surface area contributed by atoms with Crippen LogP contribution in [-0.2, 0) is 0 Å². The summed E-state index contributed by atoms with van der Waals surface area (Å²) in [5.74, 6) is 3.44. The fourth-order valence-electron chi connectivity index (χ4n) is 6.56. The van der Waals surface area contributed by atoms with Crippen molar-refractivity contribution in [2.75, 3.05) is 0 Å². The third-order valence-corrected chi connectivity index (χ3v) is 13.5. The van der Waals surface area contributed by atoms with Crippen LogP contribution in [0.1, 0.15) is 60.3 Å². The second kappa shape index (κ2) is 5.65. The summed E-state index contributed by atoms with van der Waals surface area (Å²) in [7, 11) is -1.20. The van der Waals surface area contributed by atoms with Gasteiger partial charge in [0.15, 0.2) is 0 Å². The molecule has 0 spiro atoms. The number of hydrogen-bond acceptors (Lipinski definition) is 0. The molecule has 0 saturated heterocycles. The smallest absolute Gasteiger partial charge is 0.0544 e. The lowest BCUT2D eigenvalue weighted by molar-refractivity contribution is 0.376. The van der Waals surface area contributed by atoms with E-state index in [-0.39, 0.29) is 0 Å². The first-order chi connectivity index (χ1) is 10.3. The van der Waals surface area contributed by atoms with E-state index in [1.807, 2.05) is 0 Å². The molecule has 0 heterocycles. The highest BCUT2D eigenvalue weighted by molar-refractivity contribution is 6.80. The minimum atomic E-state index is -1.20. The quantitative estimate of drug-likeness (QED) is 0.490. The maximum atomic E-state index is 2.74. The van der Waals surface area contributed by atoms with E-state index in [0.29, 0.717) is 0 Å². The summed E-state index contributed by atoms with van der Waals surface area (Å²) in [6, 6.07) is 0. The van der Waals surface area contributed by atoms with E-state index in [1.165, 1.54) is 25.7 Å². The van der Waals surface area contributed by atoms with Gasteiger partial charge in [-0.25, -0.2) is 0 Å². The first kappa shape index (κ1) is 16.6. The van der Waals surface area contributed by atoms with Crippen molar-refractivity contribution in [1.29, 1.82) is 0 Å². The molecule has 0 aromatic heterocycles. The molecule has 0 amide bonds. The van der Waals surface area contributed by atoms with Crippen molar-refractivity contribution < 1.29 is 0 Å². The summed E-state index contributed by atoms with van der Waals surface area (Å²) in [4.78, 5) is 0. The highest BCUT2D eigenvalue weighted by Crippen LogP contribution is 2.62. The summed E-state index contributed by atoms with van der Waals surface area (Å²) < 4.78 is 0. The summed E-state index contributed by atoms with van der Waals surface area (Å²) >= 11 is 0. The molecular weight excluding hydrogens is 280 g/mol. The van der Waals surface area contributed by atoms with Crippen molar-refractivity contribution in [2.45, 2.75) is 84.5 Å². The molecule has 1 heteroatoms. The van der Waals surface area contributed by atoms with Gasteiger partial charge in [-0.1, -0.05) is 69.8 Å². The molecular formula is C21H36Si. The second-order valence-electron chi connectivity index (χ2n) is 9.31. The largest absolute Gasteiger partial charge is 0.0776 e. The topological polar surface area (TPSA) is 0 Å². The van der Waals surface area contributed by atoms with Crippen LogP contribution in [0.5, 0.6) is 0 Å². The first-order valence-electron chi connectivity index (χ1n) is 9.63. The summed E-state index contributed by atoms with van der Waals surface area (Å²) in [6.07, 6.45) is 8.76. The Kier molecular flexibility index (Phi) is 4.25. The van der Waals surface area contributed by atoms with E-state index in [0.717, 1.165) is 34.8 Å². The molecule has 0 aromatic carbocycles. The van der Waals surface area contributed by atoms with Crippen LogP contribution in [0.15, 0.2) is 22.8 Å². The van der Waals surface area contributed by atoms with Gasteiger partial charge in [-0.2, -0.15) is 0 Å². The molecule has 2 unspecified atom stereocenters. The van der Waals surface area contributed by atoms with E-state index in [2.05, 4.69) is 53.8 Å². The van der Waals surface area contributed by atoms with E-state index >= 15 is 0 Å². The van der Waals surface area contributed by atoms with Crippen LogP contribution < -0.4 is 0 Å². The lowest BCUT2D eigenvalue weighted by Gasteiger charge is -2.42. The van der Waals surface area contributed by atoms with Gasteiger partial charge in [0.05, 0.1) is 8.07 Å². The van der Waals surface area contributed by atoms with Crippen molar-refractivity contribution in [3.8, 4) is 0 Å². The third kappa shape index (κ3) is 2.30. The molecule has 0 nitrogen and oxygen atoms in total. The monoisotopic (exact) mass is 316 g/mol. The summed E-state index contributed by atoms with van der Waals surface area (Å²) in [5, 5.41) is 0. The fourth-order valence-corrected chi connectivity index (χ4v) is 12.0. The Morgan fingerprint density at radius 2 is 1.55 bits per heavy atom. The van der Waals surface area contributed by atoms with Crippen molar-refractivity contribution in [3.63, 3.8) is 0 Å². The maximum absolute atomic E-state index is 2.74. The van der Waals surface area contributed by atoms with Crippen LogP contribution in [0.4, 0.5) is 0 Å². The molecule has 0 radical (unpaired) electrons. The summed E-state index contributed by atoms with van der Waals surface area (Å²) in [6.45, 7) is 17.7. The Balaban J connectivity index is 1.99. The van der Waals surface area contributed by atoms with Crippen LogP contribution in [-0.4, -0.2) is 8.07 Å². The number of allylic oxidation sites excluding steroid dienone is 4. The van der Waals surface area contributed by atoms with Gasteiger partial charge < -0.3 is 0 Å². The molecule has 0 aliphatic heterocycles. The Bertz CT molecular complexity index is 504. The second-order valence-corrected chi connectivity index (χ2v) is 14.4. The first-order valence-corrected chi connectivity index (χ1v) is 12.8. The molecule has 3 rings (SSSR count). The van der Waals surface area contributed by atoms with Crippen molar-refractivity contribution in [2.24, 2.45) is 23.7 Å². The van der Waals surface area contributed by atoms with Crippen LogP contribution >= 0.6 is 0 Å². The Labute approximate surface area is 139 Å². The predicted octanol–water partition coefficient (Wildman–Crippen LogP) is 6.82. The number of rotatable bonds is 2. The van der Waals surface area contributed by atoms with Gasteiger partial charge in [-0.15, -0.1) is 0 Å².